The van der Waals surface area contributed by atoms with E-state index in [4.69, 9.17) is 4.74 Å². The summed E-state index contributed by atoms with van der Waals surface area (Å²) in [5.41, 5.74) is 2.76. The van der Waals surface area contributed by atoms with Gasteiger partial charge in [0, 0.05) is 13.1 Å². The Balaban J connectivity index is 1.87. The number of rotatable bonds is 6. The fraction of sp³-hybridized carbons (Fsp3) is 0.647. The van der Waals surface area contributed by atoms with Crippen molar-refractivity contribution in [1.82, 2.24) is 4.90 Å². The van der Waals surface area contributed by atoms with Gasteiger partial charge in [0.2, 0.25) is 0 Å². The van der Waals surface area contributed by atoms with Gasteiger partial charge in [0.1, 0.15) is 5.75 Å². The number of aryl methyl sites for hydroxylation is 1. The van der Waals surface area contributed by atoms with E-state index >= 15 is 0 Å². The number of benzene rings is 1. The summed E-state index contributed by atoms with van der Waals surface area (Å²) < 4.78 is 6.00. The van der Waals surface area contributed by atoms with E-state index in [9.17, 15) is 0 Å². The second-order valence-corrected chi connectivity index (χ2v) is 6.65. The lowest BCUT2D eigenvalue weighted by atomic mass is 9.85. The highest BCUT2D eigenvalue weighted by atomic mass is 16.5. The average Bonchev–Trinajstić information content (AvgIpc) is 3.13. The first-order valence-corrected chi connectivity index (χ1v) is 7.43. The summed E-state index contributed by atoms with van der Waals surface area (Å²) in [6.45, 7) is 13.5. The maximum atomic E-state index is 6.00. The summed E-state index contributed by atoms with van der Waals surface area (Å²) in [6, 6.07) is 6.52. The fourth-order valence-electron chi connectivity index (χ4n) is 2.27. The Hall–Kier alpha value is -1.02. The van der Waals surface area contributed by atoms with E-state index in [0.717, 1.165) is 18.8 Å². The first-order chi connectivity index (χ1) is 8.97. The van der Waals surface area contributed by atoms with Crippen molar-refractivity contribution in [3.05, 3.63) is 29.3 Å². The van der Waals surface area contributed by atoms with Gasteiger partial charge in [-0.2, -0.15) is 0 Å². The third-order valence-electron chi connectivity index (χ3n) is 3.61. The smallest absolute Gasteiger partial charge is 0.123 e. The van der Waals surface area contributed by atoms with Crippen molar-refractivity contribution in [2.75, 3.05) is 26.2 Å². The molecule has 19 heavy (non-hydrogen) atoms. The molecule has 0 atom stereocenters. The zero-order valence-electron chi connectivity index (χ0n) is 12.8. The highest BCUT2D eigenvalue weighted by Crippen LogP contribution is 2.32. The van der Waals surface area contributed by atoms with Crippen molar-refractivity contribution in [1.29, 1.82) is 0 Å². The molecule has 106 valence electrons. The summed E-state index contributed by atoms with van der Waals surface area (Å²) in [5.74, 6) is 1.06. The monoisotopic (exact) mass is 261 g/mol. The second-order valence-electron chi connectivity index (χ2n) is 6.65. The molecule has 2 nitrogen and oxygen atoms in total. The minimum absolute atomic E-state index is 0.140. The lowest BCUT2D eigenvalue weighted by Gasteiger charge is -2.23. The van der Waals surface area contributed by atoms with Crippen LogP contribution in [0, 0.1) is 6.92 Å². The third kappa shape index (κ3) is 4.54. The topological polar surface area (TPSA) is 12.2 Å². The summed E-state index contributed by atoms with van der Waals surface area (Å²) in [5, 5.41) is 0. The lowest BCUT2D eigenvalue weighted by Crippen LogP contribution is -2.14. The van der Waals surface area contributed by atoms with E-state index < -0.39 is 0 Å². The molecule has 0 bridgehead atoms. The number of hydrogen-bond acceptors (Lipinski definition) is 2. The Bertz CT molecular complexity index is 416. The molecule has 0 aliphatic carbocycles. The minimum atomic E-state index is 0.140. The van der Waals surface area contributed by atoms with Crippen LogP contribution in [0.15, 0.2) is 18.2 Å². The predicted molar refractivity (Wildman–Crippen MR) is 81.0 cm³/mol. The Morgan fingerprint density at radius 2 is 1.89 bits per heavy atom. The quantitative estimate of drug-likeness (QED) is 0.571. The Labute approximate surface area is 117 Å². The van der Waals surface area contributed by atoms with Crippen molar-refractivity contribution in [3.63, 3.8) is 0 Å². The van der Waals surface area contributed by atoms with Crippen LogP contribution in [0.2, 0.25) is 0 Å². The first kappa shape index (κ1) is 14.4. The van der Waals surface area contributed by atoms with E-state index in [2.05, 4.69) is 50.8 Å². The molecular formula is C17H27NO. The SMILES string of the molecule is Cc1ccc(OCCCCN2CC2)c(C(C)(C)C)c1. The number of ether oxygens (including phenoxy) is 1. The maximum Gasteiger partial charge on any atom is 0.123 e. The van der Waals surface area contributed by atoms with Gasteiger partial charge >= 0.3 is 0 Å². The van der Waals surface area contributed by atoms with Crippen molar-refractivity contribution < 1.29 is 4.74 Å². The van der Waals surface area contributed by atoms with Gasteiger partial charge in [-0.15, -0.1) is 0 Å². The second kappa shape index (κ2) is 5.96. The zero-order chi connectivity index (χ0) is 13.9. The summed E-state index contributed by atoms with van der Waals surface area (Å²) in [7, 11) is 0. The minimum Gasteiger partial charge on any atom is -0.493 e. The molecule has 0 unspecified atom stereocenters. The molecule has 0 N–H and O–H groups in total. The van der Waals surface area contributed by atoms with Gasteiger partial charge in [-0.3, -0.25) is 0 Å². The highest BCUT2D eigenvalue weighted by Gasteiger charge is 2.19. The van der Waals surface area contributed by atoms with Crippen LogP contribution >= 0.6 is 0 Å². The summed E-state index contributed by atoms with van der Waals surface area (Å²) >= 11 is 0. The molecule has 2 rings (SSSR count). The van der Waals surface area contributed by atoms with Crippen LogP contribution in [-0.4, -0.2) is 31.1 Å². The van der Waals surface area contributed by atoms with Gasteiger partial charge in [-0.05, 0) is 43.4 Å². The normalized spacial score (nSPS) is 15.6. The maximum absolute atomic E-state index is 6.00. The van der Waals surface area contributed by atoms with Crippen molar-refractivity contribution in [2.45, 2.75) is 46.0 Å². The van der Waals surface area contributed by atoms with Gasteiger partial charge in [-0.25, -0.2) is 0 Å². The van der Waals surface area contributed by atoms with Crippen LogP contribution in [0.25, 0.3) is 0 Å². The van der Waals surface area contributed by atoms with Crippen LogP contribution in [0.5, 0.6) is 5.75 Å². The van der Waals surface area contributed by atoms with Crippen LogP contribution in [0.4, 0.5) is 0 Å². The predicted octanol–water partition coefficient (Wildman–Crippen LogP) is 3.77. The molecule has 1 aliphatic rings. The lowest BCUT2D eigenvalue weighted by molar-refractivity contribution is 0.294. The molecule has 1 aromatic rings. The van der Waals surface area contributed by atoms with Crippen molar-refractivity contribution in [2.24, 2.45) is 0 Å². The van der Waals surface area contributed by atoms with Crippen LogP contribution < -0.4 is 4.74 Å². The Morgan fingerprint density at radius 1 is 1.16 bits per heavy atom. The van der Waals surface area contributed by atoms with Crippen LogP contribution in [0.3, 0.4) is 0 Å². The number of unbranched alkanes of at least 4 members (excludes halogenated alkanes) is 1. The molecule has 0 radical (unpaired) electrons. The van der Waals surface area contributed by atoms with E-state index in [1.165, 1.54) is 37.2 Å². The number of nitrogens with zero attached hydrogens (tertiary/aromatic N) is 1. The Morgan fingerprint density at radius 3 is 2.53 bits per heavy atom. The molecule has 0 spiro atoms. The van der Waals surface area contributed by atoms with Crippen molar-refractivity contribution in [3.8, 4) is 5.75 Å². The summed E-state index contributed by atoms with van der Waals surface area (Å²) in [4.78, 5) is 2.46. The van der Waals surface area contributed by atoms with Gasteiger partial charge in [0.05, 0.1) is 6.61 Å². The molecule has 1 aliphatic heterocycles. The average molecular weight is 261 g/mol. The molecular weight excluding hydrogens is 234 g/mol. The molecule has 1 heterocycles. The molecule has 0 saturated carbocycles. The molecule has 2 heteroatoms. The standard InChI is InChI=1S/C17H27NO/c1-14-7-8-16(15(13-14)17(2,3)4)19-12-6-5-9-18-10-11-18/h7-8,13H,5-6,9-12H2,1-4H3. The highest BCUT2D eigenvalue weighted by molar-refractivity contribution is 5.41. The molecule has 0 amide bonds. The van der Waals surface area contributed by atoms with Crippen LogP contribution in [0.1, 0.15) is 44.7 Å². The van der Waals surface area contributed by atoms with Gasteiger partial charge in [0.15, 0.2) is 0 Å². The van der Waals surface area contributed by atoms with Gasteiger partial charge < -0.3 is 9.64 Å². The van der Waals surface area contributed by atoms with Crippen LogP contribution in [-0.2, 0) is 5.41 Å². The van der Waals surface area contributed by atoms with Gasteiger partial charge in [-0.1, -0.05) is 38.5 Å². The van der Waals surface area contributed by atoms with E-state index in [1.807, 2.05) is 0 Å². The van der Waals surface area contributed by atoms with Gasteiger partial charge in [0.25, 0.3) is 0 Å². The fourth-order valence-corrected chi connectivity index (χ4v) is 2.27. The largest absolute Gasteiger partial charge is 0.493 e. The molecule has 1 saturated heterocycles. The first-order valence-electron chi connectivity index (χ1n) is 7.43. The van der Waals surface area contributed by atoms with Crippen molar-refractivity contribution >= 4 is 0 Å². The zero-order valence-corrected chi connectivity index (χ0v) is 12.8. The Kier molecular flexibility index (Phi) is 4.51. The van der Waals surface area contributed by atoms with E-state index in [1.54, 1.807) is 0 Å². The molecule has 1 aromatic carbocycles. The molecule has 0 aromatic heterocycles. The number of hydrogen-bond donors (Lipinski definition) is 0. The van der Waals surface area contributed by atoms with E-state index in [0.29, 0.717) is 0 Å². The summed E-state index contributed by atoms with van der Waals surface area (Å²) in [6.07, 6.45) is 2.39. The molecule has 1 fully saturated rings. The van der Waals surface area contributed by atoms with E-state index in [-0.39, 0.29) is 5.41 Å². The third-order valence-corrected chi connectivity index (χ3v) is 3.61.